The van der Waals surface area contributed by atoms with Gasteiger partial charge in [-0.2, -0.15) is 0 Å². The van der Waals surface area contributed by atoms with Gasteiger partial charge in [-0.1, -0.05) is 18.0 Å². The first-order chi connectivity index (χ1) is 11.1. The van der Waals surface area contributed by atoms with Crippen LogP contribution in [0.2, 0.25) is 5.02 Å². The summed E-state index contributed by atoms with van der Waals surface area (Å²) in [6.07, 6.45) is 3.80. The predicted molar refractivity (Wildman–Crippen MR) is 93.2 cm³/mol. The molecular formula is C18H22ClN3O. The van der Waals surface area contributed by atoms with E-state index in [1.807, 2.05) is 30.0 Å². The van der Waals surface area contributed by atoms with E-state index >= 15 is 0 Å². The third-order valence-corrected chi connectivity index (χ3v) is 5.59. The average molecular weight is 332 g/mol. The lowest BCUT2D eigenvalue weighted by Gasteiger charge is -2.44. The summed E-state index contributed by atoms with van der Waals surface area (Å²) < 4.78 is 0. The molecule has 2 aliphatic rings. The van der Waals surface area contributed by atoms with Crippen LogP contribution in [0.25, 0.3) is 10.9 Å². The molecule has 2 aromatic rings. The number of fused-ring (bicyclic) bond motifs is 2. The number of hydrogen-bond donors (Lipinski definition) is 1. The highest BCUT2D eigenvalue weighted by atomic mass is 35.5. The summed E-state index contributed by atoms with van der Waals surface area (Å²) in [4.78, 5) is 20.9. The number of piperidine rings is 1. The van der Waals surface area contributed by atoms with Gasteiger partial charge in [0.05, 0.1) is 0 Å². The second kappa shape index (κ2) is 5.84. The lowest BCUT2D eigenvalue weighted by Crippen LogP contribution is -2.56. The summed E-state index contributed by atoms with van der Waals surface area (Å²) >= 11 is 6.09. The molecule has 0 spiro atoms. The van der Waals surface area contributed by atoms with Crippen LogP contribution in [0.3, 0.4) is 0 Å². The normalized spacial score (nSPS) is 22.3. The van der Waals surface area contributed by atoms with Crippen molar-refractivity contribution in [3.05, 3.63) is 34.5 Å². The quantitative estimate of drug-likeness (QED) is 0.869. The van der Waals surface area contributed by atoms with E-state index in [0.29, 0.717) is 16.8 Å². The molecule has 4 nitrogen and oxygen atoms in total. The first kappa shape index (κ1) is 15.0. The highest BCUT2D eigenvalue weighted by molar-refractivity contribution is 6.31. The Hall–Kier alpha value is -1.52. The standard InChI is InChI=1S/C18H22ClN3O/c1-12-15-10-13(19)5-6-16(15)20-17(12)18(23)22-9-8-21-7-3-2-4-14(21)11-22/h5-6,10,14,20H,2-4,7-9,11H2,1H3/t14-/m1/s1. The van der Waals surface area contributed by atoms with Crippen molar-refractivity contribution >= 4 is 28.4 Å². The summed E-state index contributed by atoms with van der Waals surface area (Å²) in [5.74, 6) is 0.125. The number of hydrogen-bond acceptors (Lipinski definition) is 2. The molecule has 122 valence electrons. The average Bonchev–Trinajstić information content (AvgIpc) is 2.90. The number of aryl methyl sites for hydroxylation is 1. The Morgan fingerprint density at radius 1 is 1.26 bits per heavy atom. The van der Waals surface area contributed by atoms with E-state index in [1.54, 1.807) is 0 Å². The van der Waals surface area contributed by atoms with E-state index in [-0.39, 0.29) is 5.91 Å². The fraction of sp³-hybridized carbons (Fsp3) is 0.500. The molecule has 0 unspecified atom stereocenters. The van der Waals surface area contributed by atoms with E-state index in [4.69, 9.17) is 11.6 Å². The molecule has 3 heterocycles. The van der Waals surface area contributed by atoms with Gasteiger partial charge in [-0.15, -0.1) is 0 Å². The molecule has 1 amide bonds. The fourth-order valence-electron chi connectivity index (χ4n) is 4.01. The van der Waals surface area contributed by atoms with E-state index in [2.05, 4.69) is 9.88 Å². The number of amides is 1. The van der Waals surface area contributed by atoms with Crippen LogP contribution in [0.15, 0.2) is 18.2 Å². The highest BCUT2D eigenvalue weighted by Crippen LogP contribution is 2.27. The van der Waals surface area contributed by atoms with Crippen LogP contribution in [0.5, 0.6) is 0 Å². The Morgan fingerprint density at radius 2 is 2.13 bits per heavy atom. The van der Waals surface area contributed by atoms with Gasteiger partial charge < -0.3 is 9.88 Å². The molecule has 5 heteroatoms. The summed E-state index contributed by atoms with van der Waals surface area (Å²) in [6.45, 7) is 5.87. The topological polar surface area (TPSA) is 39.3 Å². The minimum Gasteiger partial charge on any atom is -0.350 e. The number of rotatable bonds is 1. The minimum atomic E-state index is 0.125. The molecule has 23 heavy (non-hydrogen) atoms. The molecule has 0 saturated carbocycles. The van der Waals surface area contributed by atoms with Crippen molar-refractivity contribution in [1.29, 1.82) is 0 Å². The summed E-state index contributed by atoms with van der Waals surface area (Å²) in [7, 11) is 0. The molecule has 0 radical (unpaired) electrons. The molecule has 1 aromatic carbocycles. The summed E-state index contributed by atoms with van der Waals surface area (Å²) in [6, 6.07) is 6.27. The Morgan fingerprint density at radius 3 is 3.00 bits per heavy atom. The number of carbonyl (C=O) groups excluding carboxylic acids is 1. The Bertz CT molecular complexity index is 754. The van der Waals surface area contributed by atoms with Crippen molar-refractivity contribution in [3.63, 3.8) is 0 Å². The maximum absolute atomic E-state index is 13.0. The number of aromatic nitrogens is 1. The zero-order chi connectivity index (χ0) is 16.0. The first-order valence-electron chi connectivity index (χ1n) is 8.44. The van der Waals surface area contributed by atoms with Gasteiger partial charge in [-0.3, -0.25) is 9.69 Å². The number of benzene rings is 1. The van der Waals surface area contributed by atoms with Gasteiger partial charge in [0.2, 0.25) is 0 Å². The number of nitrogens with zero attached hydrogens (tertiary/aromatic N) is 2. The molecule has 2 saturated heterocycles. The number of H-pyrrole nitrogens is 1. The van der Waals surface area contributed by atoms with Gasteiger partial charge >= 0.3 is 0 Å². The van der Waals surface area contributed by atoms with Crippen LogP contribution >= 0.6 is 11.6 Å². The third-order valence-electron chi connectivity index (χ3n) is 5.36. The predicted octanol–water partition coefficient (Wildman–Crippen LogP) is 3.44. The first-order valence-corrected chi connectivity index (χ1v) is 8.82. The van der Waals surface area contributed by atoms with Crippen molar-refractivity contribution in [2.45, 2.75) is 32.2 Å². The van der Waals surface area contributed by atoms with E-state index in [1.165, 1.54) is 25.8 Å². The molecule has 0 bridgehead atoms. The van der Waals surface area contributed by atoms with Crippen LogP contribution < -0.4 is 0 Å². The highest BCUT2D eigenvalue weighted by Gasteiger charge is 2.32. The van der Waals surface area contributed by atoms with Crippen LogP contribution in [0.1, 0.15) is 35.3 Å². The van der Waals surface area contributed by atoms with Gasteiger partial charge in [-0.05, 0) is 50.1 Å². The Labute approximate surface area is 141 Å². The van der Waals surface area contributed by atoms with E-state index in [0.717, 1.165) is 36.1 Å². The largest absolute Gasteiger partial charge is 0.350 e. The van der Waals surface area contributed by atoms with E-state index < -0.39 is 0 Å². The second-order valence-electron chi connectivity index (χ2n) is 6.75. The van der Waals surface area contributed by atoms with Crippen molar-refractivity contribution in [2.75, 3.05) is 26.2 Å². The number of carbonyl (C=O) groups is 1. The van der Waals surface area contributed by atoms with Gasteiger partial charge in [0.25, 0.3) is 5.91 Å². The SMILES string of the molecule is Cc1c(C(=O)N2CCN3CCCC[C@@H]3C2)[nH]c2ccc(Cl)cc12. The smallest absolute Gasteiger partial charge is 0.270 e. The van der Waals surface area contributed by atoms with Gasteiger partial charge in [-0.25, -0.2) is 0 Å². The molecule has 2 aliphatic heterocycles. The molecule has 0 aliphatic carbocycles. The summed E-state index contributed by atoms with van der Waals surface area (Å²) in [5.41, 5.74) is 2.69. The third kappa shape index (κ3) is 2.64. The van der Waals surface area contributed by atoms with Crippen molar-refractivity contribution < 1.29 is 4.79 Å². The zero-order valence-electron chi connectivity index (χ0n) is 13.4. The number of nitrogens with one attached hydrogen (secondary N) is 1. The Kier molecular flexibility index (Phi) is 3.82. The maximum Gasteiger partial charge on any atom is 0.270 e. The van der Waals surface area contributed by atoms with E-state index in [9.17, 15) is 4.79 Å². The lowest BCUT2D eigenvalue weighted by atomic mass is 9.99. The zero-order valence-corrected chi connectivity index (χ0v) is 14.2. The molecule has 2 fully saturated rings. The minimum absolute atomic E-state index is 0.125. The van der Waals surface area contributed by atoms with Gasteiger partial charge in [0.1, 0.15) is 5.69 Å². The molecule has 1 N–H and O–H groups in total. The lowest BCUT2D eigenvalue weighted by molar-refractivity contribution is 0.0368. The van der Waals surface area contributed by atoms with Crippen LogP contribution in [-0.2, 0) is 0 Å². The summed E-state index contributed by atoms with van der Waals surface area (Å²) in [5, 5.41) is 1.74. The van der Waals surface area contributed by atoms with Gasteiger partial charge in [0.15, 0.2) is 0 Å². The number of halogens is 1. The molecule has 1 aromatic heterocycles. The van der Waals surface area contributed by atoms with Gasteiger partial charge in [0, 0.05) is 41.6 Å². The van der Waals surface area contributed by atoms with Crippen LogP contribution in [0, 0.1) is 6.92 Å². The van der Waals surface area contributed by atoms with Crippen molar-refractivity contribution in [3.8, 4) is 0 Å². The van der Waals surface area contributed by atoms with Crippen molar-refractivity contribution in [1.82, 2.24) is 14.8 Å². The second-order valence-corrected chi connectivity index (χ2v) is 7.19. The van der Waals surface area contributed by atoms with Crippen LogP contribution in [0.4, 0.5) is 0 Å². The maximum atomic E-state index is 13.0. The number of piperazine rings is 1. The monoisotopic (exact) mass is 331 g/mol. The molecular weight excluding hydrogens is 310 g/mol. The number of aromatic amines is 1. The molecule has 1 atom stereocenters. The Balaban J connectivity index is 1.60. The molecule has 4 rings (SSSR count). The fourth-order valence-corrected chi connectivity index (χ4v) is 4.18. The van der Waals surface area contributed by atoms with Crippen LogP contribution in [-0.4, -0.2) is 52.9 Å². The van der Waals surface area contributed by atoms with Crippen molar-refractivity contribution in [2.24, 2.45) is 0 Å².